The molecule has 0 aromatic carbocycles. The molecule has 3 rings (SSSR count). The van der Waals surface area contributed by atoms with E-state index in [-0.39, 0.29) is 0 Å². The summed E-state index contributed by atoms with van der Waals surface area (Å²) < 4.78 is 12.5. The van der Waals surface area contributed by atoms with Gasteiger partial charge in [0.15, 0.2) is 11.9 Å². The highest BCUT2D eigenvalue weighted by Crippen LogP contribution is 2.32. The number of nitrogens with zero attached hydrogens (tertiary/aromatic N) is 2. The number of carbonyl (C=O) groups is 2. The molecule has 29 heavy (non-hydrogen) atoms. The highest BCUT2D eigenvalue weighted by Gasteiger charge is 2.20. The van der Waals surface area contributed by atoms with Crippen LogP contribution in [0.3, 0.4) is 0 Å². The van der Waals surface area contributed by atoms with Gasteiger partial charge < -0.3 is 19.1 Å². The third-order valence-corrected chi connectivity index (χ3v) is 5.40. The van der Waals surface area contributed by atoms with Crippen molar-refractivity contribution in [3.63, 3.8) is 0 Å². The molecule has 0 radical (unpaired) electrons. The molecular weight excluding hydrogens is 370 g/mol. The highest BCUT2D eigenvalue weighted by molar-refractivity contribution is 5.96. The number of nitrogens with one attached hydrogen (secondary N) is 1. The molecule has 0 unspecified atom stereocenters. The summed E-state index contributed by atoms with van der Waals surface area (Å²) in [6.07, 6.45) is 8.46. The zero-order valence-electron chi connectivity index (χ0n) is 17.5. The van der Waals surface area contributed by atoms with E-state index in [0.717, 1.165) is 11.3 Å². The van der Waals surface area contributed by atoms with E-state index in [2.05, 4.69) is 35.0 Å². The average molecular weight is 399 g/mol. The van der Waals surface area contributed by atoms with Crippen LogP contribution >= 0.6 is 0 Å². The topological polar surface area (TPSA) is 86.4 Å². The number of hydrogen-bond donors (Lipinski definition) is 1. The molecular formula is C22H29N3O4. The van der Waals surface area contributed by atoms with Gasteiger partial charge in [-0.1, -0.05) is 24.4 Å². The van der Waals surface area contributed by atoms with Crippen molar-refractivity contribution in [1.82, 2.24) is 9.72 Å². The van der Waals surface area contributed by atoms with Gasteiger partial charge in [0, 0.05) is 29.6 Å². The quantitative estimate of drug-likeness (QED) is 0.571. The number of aromatic nitrogens is 2. The predicted molar refractivity (Wildman–Crippen MR) is 110 cm³/mol. The first-order valence-corrected chi connectivity index (χ1v) is 10.2. The van der Waals surface area contributed by atoms with Crippen molar-refractivity contribution in [1.29, 1.82) is 0 Å². The minimum atomic E-state index is -0.946. The maximum atomic E-state index is 12.2. The number of carbonyl (C=O) groups excluding carboxylic acids is 2. The van der Waals surface area contributed by atoms with E-state index in [9.17, 15) is 9.59 Å². The number of hydrogen-bond acceptors (Lipinski definition) is 5. The van der Waals surface area contributed by atoms with Gasteiger partial charge in [-0.25, -0.2) is 4.79 Å². The van der Waals surface area contributed by atoms with E-state index < -0.39 is 18.0 Å². The van der Waals surface area contributed by atoms with E-state index in [1.807, 2.05) is 0 Å². The second-order valence-electron chi connectivity index (χ2n) is 7.71. The Morgan fingerprint density at radius 2 is 1.97 bits per heavy atom. The molecule has 2 heterocycles. The molecule has 156 valence electrons. The Morgan fingerprint density at radius 1 is 1.24 bits per heavy atom. The first-order valence-electron chi connectivity index (χ1n) is 10.2. The standard InChI is InChI=1S/C22H29N3O4/c1-14-12-18(16(3)25(14)19-8-6-5-7-9-19)10-11-21(26)28-17(4)22(27)23-20-13-15(2)29-24-20/h10-13,17,19H,5-9H2,1-4H3,(H,23,24,27)/b11-10+/t17-/m0/s1. The summed E-state index contributed by atoms with van der Waals surface area (Å²) in [6.45, 7) is 7.43. The predicted octanol–water partition coefficient (Wildman–Crippen LogP) is 4.49. The fourth-order valence-electron chi connectivity index (χ4n) is 3.95. The Morgan fingerprint density at radius 3 is 2.62 bits per heavy atom. The van der Waals surface area contributed by atoms with E-state index in [0.29, 0.717) is 17.6 Å². The van der Waals surface area contributed by atoms with Gasteiger partial charge in [0.05, 0.1) is 0 Å². The normalized spacial score (nSPS) is 16.1. The first-order chi connectivity index (χ1) is 13.8. The van der Waals surface area contributed by atoms with Gasteiger partial charge >= 0.3 is 5.97 Å². The van der Waals surface area contributed by atoms with Crippen molar-refractivity contribution in [2.45, 2.75) is 71.9 Å². The fraction of sp³-hybridized carbons (Fsp3) is 0.500. The molecule has 1 N–H and O–H groups in total. The Balaban J connectivity index is 1.59. The number of ether oxygens (including phenoxy) is 1. The third kappa shape index (κ3) is 5.16. The summed E-state index contributed by atoms with van der Waals surface area (Å²) in [4.78, 5) is 24.3. The van der Waals surface area contributed by atoms with Gasteiger partial charge in [-0.05, 0) is 58.2 Å². The molecule has 1 amide bonds. The molecule has 1 fully saturated rings. The van der Waals surface area contributed by atoms with Crippen LogP contribution in [0.4, 0.5) is 5.82 Å². The molecule has 2 aromatic rings. The summed E-state index contributed by atoms with van der Waals surface area (Å²) in [5, 5.41) is 6.24. The molecule has 1 aliphatic rings. The van der Waals surface area contributed by atoms with Crippen molar-refractivity contribution < 1.29 is 18.8 Å². The molecule has 2 aromatic heterocycles. The molecule has 0 aliphatic heterocycles. The second-order valence-corrected chi connectivity index (χ2v) is 7.71. The van der Waals surface area contributed by atoms with Gasteiger partial charge in [-0.15, -0.1) is 0 Å². The van der Waals surface area contributed by atoms with Crippen LogP contribution in [0.15, 0.2) is 22.7 Å². The number of esters is 1. The van der Waals surface area contributed by atoms with Crippen LogP contribution in [0.5, 0.6) is 0 Å². The summed E-state index contributed by atoms with van der Waals surface area (Å²) in [7, 11) is 0. The monoisotopic (exact) mass is 399 g/mol. The van der Waals surface area contributed by atoms with Gasteiger partial charge in [-0.2, -0.15) is 0 Å². The number of amides is 1. The number of aryl methyl sites for hydroxylation is 2. The van der Waals surface area contributed by atoms with E-state index in [4.69, 9.17) is 9.26 Å². The third-order valence-electron chi connectivity index (χ3n) is 5.40. The summed E-state index contributed by atoms with van der Waals surface area (Å²) in [6, 6.07) is 4.23. The Labute approximate surface area is 171 Å². The van der Waals surface area contributed by atoms with Crippen LogP contribution in [0, 0.1) is 20.8 Å². The van der Waals surface area contributed by atoms with Crippen molar-refractivity contribution in [3.8, 4) is 0 Å². The van der Waals surface area contributed by atoms with Crippen molar-refractivity contribution in [2.24, 2.45) is 0 Å². The first kappa shape index (κ1) is 20.9. The van der Waals surface area contributed by atoms with E-state index in [1.165, 1.54) is 50.8 Å². The smallest absolute Gasteiger partial charge is 0.331 e. The lowest BCUT2D eigenvalue weighted by atomic mass is 9.95. The molecule has 0 spiro atoms. The molecule has 7 nitrogen and oxygen atoms in total. The van der Waals surface area contributed by atoms with Gasteiger partial charge in [0.1, 0.15) is 5.76 Å². The molecule has 1 aliphatic carbocycles. The van der Waals surface area contributed by atoms with E-state index >= 15 is 0 Å². The number of rotatable bonds is 6. The lowest BCUT2D eigenvalue weighted by molar-refractivity contribution is -0.148. The molecule has 0 bridgehead atoms. The van der Waals surface area contributed by atoms with Crippen molar-refractivity contribution >= 4 is 23.8 Å². The molecule has 1 saturated carbocycles. The highest BCUT2D eigenvalue weighted by atomic mass is 16.5. The maximum Gasteiger partial charge on any atom is 0.331 e. The van der Waals surface area contributed by atoms with Gasteiger partial charge in [0.2, 0.25) is 0 Å². The molecule has 7 heteroatoms. The maximum absolute atomic E-state index is 12.2. The van der Waals surface area contributed by atoms with Crippen LogP contribution in [-0.4, -0.2) is 27.7 Å². The Bertz CT molecular complexity index is 903. The lowest BCUT2D eigenvalue weighted by Gasteiger charge is -2.26. The average Bonchev–Trinajstić information content (AvgIpc) is 3.22. The van der Waals surface area contributed by atoms with Crippen LogP contribution in [0.25, 0.3) is 6.08 Å². The summed E-state index contributed by atoms with van der Waals surface area (Å²) in [5.41, 5.74) is 3.36. The largest absolute Gasteiger partial charge is 0.449 e. The van der Waals surface area contributed by atoms with Crippen molar-refractivity contribution in [3.05, 3.63) is 40.9 Å². The summed E-state index contributed by atoms with van der Waals surface area (Å²) >= 11 is 0. The molecule has 1 atom stereocenters. The minimum Gasteiger partial charge on any atom is -0.449 e. The summed E-state index contributed by atoms with van der Waals surface area (Å²) in [5.74, 6) is -0.151. The van der Waals surface area contributed by atoms with Crippen LogP contribution in [0.1, 0.15) is 67.8 Å². The Hall–Kier alpha value is -2.83. The number of anilines is 1. The minimum absolute atomic E-state index is 0.293. The van der Waals surface area contributed by atoms with Crippen molar-refractivity contribution in [2.75, 3.05) is 5.32 Å². The van der Waals surface area contributed by atoms with Gasteiger partial charge in [-0.3, -0.25) is 4.79 Å². The van der Waals surface area contributed by atoms with Crippen LogP contribution < -0.4 is 5.32 Å². The van der Waals surface area contributed by atoms with Crippen LogP contribution in [0.2, 0.25) is 0 Å². The second kappa shape index (κ2) is 9.11. The van der Waals surface area contributed by atoms with Crippen LogP contribution in [-0.2, 0) is 14.3 Å². The zero-order valence-corrected chi connectivity index (χ0v) is 17.5. The Kier molecular flexibility index (Phi) is 6.56. The molecule has 0 saturated heterocycles. The lowest BCUT2D eigenvalue weighted by Crippen LogP contribution is -2.29. The SMILES string of the molecule is Cc1cc(NC(=O)[C@H](C)OC(=O)/C=C/c2cc(C)n(C3CCCCC3)c2C)no1. The van der Waals surface area contributed by atoms with E-state index in [1.54, 1.807) is 19.1 Å². The zero-order chi connectivity index (χ0) is 21.0. The van der Waals surface area contributed by atoms with Gasteiger partial charge in [0.25, 0.3) is 5.91 Å². The fourth-order valence-corrected chi connectivity index (χ4v) is 3.95.